The number of nitrogens with one attached hydrogen (secondary N) is 1. The van der Waals surface area contributed by atoms with Crippen molar-refractivity contribution in [3.8, 4) is 0 Å². The molecule has 0 bridgehead atoms. The maximum atomic E-state index is 12.5. The van der Waals surface area contributed by atoms with Gasteiger partial charge in [0, 0.05) is 5.69 Å². The Morgan fingerprint density at radius 2 is 1.68 bits per heavy atom. The van der Waals surface area contributed by atoms with Crippen molar-refractivity contribution in [1.29, 1.82) is 0 Å². The molecule has 0 aliphatic carbocycles. The van der Waals surface area contributed by atoms with Crippen LogP contribution in [0.25, 0.3) is 6.08 Å². The number of nitrogens with zero attached hydrogens (tertiary/aromatic N) is 1. The van der Waals surface area contributed by atoms with Gasteiger partial charge in [-0.1, -0.05) is 42.0 Å². The summed E-state index contributed by atoms with van der Waals surface area (Å²) in [5.41, 5.74) is 5.21. The number of aryl methyl sites for hydroxylation is 3. The zero-order chi connectivity index (χ0) is 18.0. The largest absolute Gasteiger partial charge is 0.367 e. The van der Waals surface area contributed by atoms with Gasteiger partial charge in [0.2, 0.25) is 0 Å². The molecule has 1 heterocycles. The Morgan fingerprint density at radius 1 is 1.00 bits per heavy atom. The van der Waals surface area contributed by atoms with E-state index in [-0.39, 0.29) is 17.8 Å². The summed E-state index contributed by atoms with van der Waals surface area (Å²) in [7, 11) is 0. The fourth-order valence-corrected chi connectivity index (χ4v) is 3.38. The van der Waals surface area contributed by atoms with Crippen molar-refractivity contribution in [3.05, 3.63) is 69.6 Å². The summed E-state index contributed by atoms with van der Waals surface area (Å²) >= 11 is 0.982. The highest BCUT2D eigenvalue weighted by molar-refractivity contribution is 8.18. The Labute approximate surface area is 151 Å². The van der Waals surface area contributed by atoms with Crippen LogP contribution in [-0.4, -0.2) is 22.7 Å². The number of anilines is 1. The smallest absolute Gasteiger partial charge is 0.295 e. The summed E-state index contributed by atoms with van der Waals surface area (Å²) in [6.45, 7) is 6.18. The first-order chi connectivity index (χ1) is 11.9. The summed E-state index contributed by atoms with van der Waals surface area (Å²) in [6.07, 6.45) is 1.77. The molecule has 128 valence electrons. The maximum Gasteiger partial charge on any atom is 0.295 e. The SMILES string of the molecule is Cc1ccc(/C=C2\SC(=O)N(CNc3cc(C)ccc3C)C2=O)cc1. The lowest BCUT2D eigenvalue weighted by molar-refractivity contribution is -0.122. The molecule has 0 spiro atoms. The topological polar surface area (TPSA) is 49.4 Å². The van der Waals surface area contributed by atoms with Crippen molar-refractivity contribution < 1.29 is 9.59 Å². The Kier molecular flexibility index (Phi) is 4.95. The average Bonchev–Trinajstić information content (AvgIpc) is 2.84. The van der Waals surface area contributed by atoms with E-state index in [0.29, 0.717) is 4.91 Å². The van der Waals surface area contributed by atoms with E-state index in [1.807, 2.05) is 63.2 Å². The van der Waals surface area contributed by atoms with E-state index >= 15 is 0 Å². The third-order valence-corrected chi connectivity index (χ3v) is 4.98. The van der Waals surface area contributed by atoms with Crippen LogP contribution >= 0.6 is 11.8 Å². The van der Waals surface area contributed by atoms with Gasteiger partial charge in [0.1, 0.15) is 0 Å². The van der Waals surface area contributed by atoms with Gasteiger partial charge < -0.3 is 5.32 Å². The summed E-state index contributed by atoms with van der Waals surface area (Å²) in [5.74, 6) is -0.256. The predicted molar refractivity (Wildman–Crippen MR) is 103 cm³/mol. The van der Waals surface area contributed by atoms with Crippen LogP contribution in [0, 0.1) is 20.8 Å². The molecule has 0 saturated carbocycles. The zero-order valence-corrected chi connectivity index (χ0v) is 15.3. The molecule has 4 nitrogen and oxygen atoms in total. The molecule has 0 radical (unpaired) electrons. The van der Waals surface area contributed by atoms with E-state index in [4.69, 9.17) is 0 Å². The molecule has 2 aromatic rings. The van der Waals surface area contributed by atoms with E-state index in [0.717, 1.165) is 39.7 Å². The highest BCUT2D eigenvalue weighted by atomic mass is 32.2. The van der Waals surface area contributed by atoms with Gasteiger partial charge in [-0.15, -0.1) is 0 Å². The molecule has 1 N–H and O–H groups in total. The van der Waals surface area contributed by atoms with Gasteiger partial charge in [0.15, 0.2) is 0 Å². The molecule has 1 aliphatic rings. The molecule has 25 heavy (non-hydrogen) atoms. The molecule has 2 aromatic carbocycles. The van der Waals surface area contributed by atoms with Crippen molar-refractivity contribution in [2.75, 3.05) is 12.0 Å². The molecule has 3 rings (SSSR count). The molecule has 5 heteroatoms. The number of hydrogen-bond donors (Lipinski definition) is 1. The number of benzene rings is 2. The van der Waals surface area contributed by atoms with E-state index in [1.54, 1.807) is 6.08 Å². The highest BCUT2D eigenvalue weighted by Gasteiger charge is 2.34. The van der Waals surface area contributed by atoms with Crippen LogP contribution in [0.15, 0.2) is 47.4 Å². The van der Waals surface area contributed by atoms with Crippen molar-refractivity contribution in [2.24, 2.45) is 0 Å². The van der Waals surface area contributed by atoms with Gasteiger partial charge in [-0.05, 0) is 61.4 Å². The second kappa shape index (κ2) is 7.15. The summed E-state index contributed by atoms with van der Waals surface area (Å²) < 4.78 is 0. The molecule has 0 atom stereocenters. The van der Waals surface area contributed by atoms with Crippen LogP contribution in [0.4, 0.5) is 10.5 Å². The fourth-order valence-electron chi connectivity index (χ4n) is 2.54. The Balaban J connectivity index is 1.73. The molecule has 1 fully saturated rings. The van der Waals surface area contributed by atoms with Gasteiger partial charge in [0.05, 0.1) is 11.6 Å². The number of amides is 2. The molecule has 0 unspecified atom stereocenters. The minimum absolute atomic E-state index is 0.167. The standard InChI is InChI=1S/C20H20N2O2S/c1-13-5-8-16(9-6-13)11-18-19(23)22(20(24)25-18)12-21-17-10-14(2)4-7-15(17)3/h4-11,21H,12H2,1-3H3/b18-11-. The average molecular weight is 352 g/mol. The predicted octanol–water partition coefficient (Wildman–Crippen LogP) is 4.72. The maximum absolute atomic E-state index is 12.5. The lowest BCUT2D eigenvalue weighted by Crippen LogP contribution is -2.33. The summed E-state index contributed by atoms with van der Waals surface area (Å²) in [6, 6.07) is 13.9. The second-order valence-electron chi connectivity index (χ2n) is 6.17. The molecular formula is C20H20N2O2S. The third-order valence-electron chi connectivity index (χ3n) is 4.07. The minimum atomic E-state index is -0.256. The van der Waals surface area contributed by atoms with E-state index in [2.05, 4.69) is 5.32 Å². The van der Waals surface area contributed by atoms with E-state index in [9.17, 15) is 9.59 Å². The van der Waals surface area contributed by atoms with Crippen LogP contribution in [0.1, 0.15) is 22.3 Å². The lowest BCUT2D eigenvalue weighted by Gasteiger charge is -2.16. The molecular weight excluding hydrogens is 332 g/mol. The number of carbonyl (C=O) groups is 2. The fraction of sp³-hybridized carbons (Fsp3) is 0.200. The van der Waals surface area contributed by atoms with Crippen molar-refractivity contribution in [3.63, 3.8) is 0 Å². The molecule has 1 saturated heterocycles. The van der Waals surface area contributed by atoms with Crippen molar-refractivity contribution in [1.82, 2.24) is 4.90 Å². The van der Waals surface area contributed by atoms with E-state index in [1.165, 1.54) is 4.90 Å². The van der Waals surface area contributed by atoms with E-state index < -0.39 is 0 Å². The normalized spacial score (nSPS) is 16.0. The summed E-state index contributed by atoms with van der Waals surface area (Å²) in [4.78, 5) is 26.4. The van der Waals surface area contributed by atoms with Gasteiger partial charge in [-0.2, -0.15) is 0 Å². The van der Waals surface area contributed by atoms with Gasteiger partial charge in [0.25, 0.3) is 11.1 Å². The molecule has 2 amide bonds. The first kappa shape index (κ1) is 17.3. The number of rotatable bonds is 4. The third kappa shape index (κ3) is 3.94. The lowest BCUT2D eigenvalue weighted by atomic mass is 10.1. The first-order valence-electron chi connectivity index (χ1n) is 8.07. The van der Waals surface area contributed by atoms with Crippen LogP contribution in [0.3, 0.4) is 0 Å². The summed E-state index contributed by atoms with van der Waals surface area (Å²) in [5, 5.41) is 2.94. The molecule has 1 aliphatic heterocycles. The Bertz CT molecular complexity index is 856. The van der Waals surface area contributed by atoms with Gasteiger partial charge in [-0.25, -0.2) is 0 Å². The number of thioether (sulfide) groups is 1. The van der Waals surface area contributed by atoms with Gasteiger partial charge >= 0.3 is 0 Å². The number of imide groups is 1. The number of carbonyl (C=O) groups excluding carboxylic acids is 2. The van der Waals surface area contributed by atoms with Crippen molar-refractivity contribution in [2.45, 2.75) is 20.8 Å². The molecule has 0 aromatic heterocycles. The van der Waals surface area contributed by atoms with Crippen molar-refractivity contribution >= 4 is 34.7 Å². The van der Waals surface area contributed by atoms with Crippen LogP contribution in [0.5, 0.6) is 0 Å². The second-order valence-corrected chi connectivity index (χ2v) is 7.17. The van der Waals surface area contributed by atoms with Crippen LogP contribution in [0.2, 0.25) is 0 Å². The Morgan fingerprint density at radius 3 is 2.40 bits per heavy atom. The minimum Gasteiger partial charge on any atom is -0.367 e. The Hall–Kier alpha value is -2.53. The monoisotopic (exact) mass is 352 g/mol. The zero-order valence-electron chi connectivity index (χ0n) is 14.5. The van der Waals surface area contributed by atoms with Crippen LogP contribution < -0.4 is 5.32 Å². The first-order valence-corrected chi connectivity index (χ1v) is 8.89. The quantitative estimate of drug-likeness (QED) is 0.809. The van der Waals surface area contributed by atoms with Crippen LogP contribution in [-0.2, 0) is 4.79 Å². The highest BCUT2D eigenvalue weighted by Crippen LogP contribution is 2.32. The van der Waals surface area contributed by atoms with Gasteiger partial charge in [-0.3, -0.25) is 14.5 Å². The number of hydrogen-bond acceptors (Lipinski definition) is 4.